The molecule has 0 aromatic carbocycles. The zero-order valence-corrected chi connectivity index (χ0v) is 18.9. The SMILES string of the molecule is CCCCCCCC/C=C\CCCCCCCCOC(=O)C1CCN(C)CC1. The number of unbranched alkanes of at least 4 members (excludes halogenated alkanes) is 12. The summed E-state index contributed by atoms with van der Waals surface area (Å²) in [5, 5.41) is 0. The van der Waals surface area contributed by atoms with Crippen LogP contribution in [0.2, 0.25) is 0 Å². The average molecular weight is 394 g/mol. The molecule has 0 radical (unpaired) electrons. The van der Waals surface area contributed by atoms with E-state index in [0.29, 0.717) is 6.61 Å². The maximum Gasteiger partial charge on any atom is 0.309 e. The lowest BCUT2D eigenvalue weighted by atomic mass is 9.97. The van der Waals surface area contributed by atoms with E-state index in [1.54, 1.807) is 0 Å². The largest absolute Gasteiger partial charge is 0.465 e. The van der Waals surface area contributed by atoms with Crippen LogP contribution in [0, 0.1) is 5.92 Å². The molecule has 164 valence electrons. The number of allylic oxidation sites excluding steroid dienone is 2. The van der Waals surface area contributed by atoms with E-state index < -0.39 is 0 Å². The maximum absolute atomic E-state index is 12.0. The Labute approximate surface area is 175 Å². The predicted molar refractivity (Wildman–Crippen MR) is 121 cm³/mol. The molecule has 0 aromatic heterocycles. The summed E-state index contributed by atoms with van der Waals surface area (Å²) in [6.45, 7) is 4.94. The van der Waals surface area contributed by atoms with E-state index in [1.807, 2.05) is 0 Å². The molecule has 0 bridgehead atoms. The van der Waals surface area contributed by atoms with Crippen LogP contribution in [-0.4, -0.2) is 37.6 Å². The van der Waals surface area contributed by atoms with Gasteiger partial charge in [0.25, 0.3) is 0 Å². The van der Waals surface area contributed by atoms with Crippen molar-refractivity contribution in [2.75, 3.05) is 26.7 Å². The van der Waals surface area contributed by atoms with E-state index in [2.05, 4.69) is 31.0 Å². The van der Waals surface area contributed by atoms with Gasteiger partial charge in [-0.15, -0.1) is 0 Å². The van der Waals surface area contributed by atoms with Crippen LogP contribution in [0.5, 0.6) is 0 Å². The van der Waals surface area contributed by atoms with Crippen molar-refractivity contribution in [2.45, 2.75) is 110 Å². The Bertz CT molecular complexity index is 386. The van der Waals surface area contributed by atoms with Gasteiger partial charge in [0.1, 0.15) is 0 Å². The molecule has 1 aliphatic heterocycles. The van der Waals surface area contributed by atoms with Crippen molar-refractivity contribution in [1.82, 2.24) is 4.90 Å². The molecule has 0 atom stereocenters. The van der Waals surface area contributed by atoms with Crippen molar-refractivity contribution in [3.63, 3.8) is 0 Å². The summed E-state index contributed by atoms with van der Waals surface area (Å²) in [5.74, 6) is 0.186. The minimum absolute atomic E-state index is 0.0425. The first-order chi connectivity index (χ1) is 13.7. The fraction of sp³-hybridized carbons (Fsp3) is 0.880. The molecule has 1 aliphatic rings. The van der Waals surface area contributed by atoms with Crippen molar-refractivity contribution in [3.8, 4) is 0 Å². The normalized spacial score (nSPS) is 16.1. The lowest BCUT2D eigenvalue weighted by Crippen LogP contribution is -2.34. The van der Waals surface area contributed by atoms with E-state index in [0.717, 1.165) is 32.4 Å². The number of hydrogen-bond donors (Lipinski definition) is 0. The molecular formula is C25H47NO2. The number of rotatable bonds is 17. The van der Waals surface area contributed by atoms with Gasteiger partial charge >= 0.3 is 5.97 Å². The molecule has 0 amide bonds. The van der Waals surface area contributed by atoms with Crippen LogP contribution in [0.1, 0.15) is 110 Å². The van der Waals surface area contributed by atoms with E-state index in [1.165, 1.54) is 83.5 Å². The number of hydrogen-bond acceptors (Lipinski definition) is 3. The van der Waals surface area contributed by atoms with Gasteiger partial charge < -0.3 is 9.64 Å². The number of nitrogens with zero attached hydrogens (tertiary/aromatic N) is 1. The van der Waals surface area contributed by atoms with Crippen LogP contribution in [0.25, 0.3) is 0 Å². The topological polar surface area (TPSA) is 29.5 Å². The van der Waals surface area contributed by atoms with Gasteiger partial charge in [0.05, 0.1) is 12.5 Å². The van der Waals surface area contributed by atoms with Gasteiger partial charge in [0.2, 0.25) is 0 Å². The third-order valence-corrected chi connectivity index (χ3v) is 5.95. The number of esters is 1. The first-order valence-corrected chi connectivity index (χ1v) is 12.2. The minimum atomic E-state index is 0.0425. The Kier molecular flexibility index (Phi) is 16.4. The van der Waals surface area contributed by atoms with Crippen LogP contribution >= 0.6 is 0 Å². The first-order valence-electron chi connectivity index (χ1n) is 12.2. The standard InChI is InChI=1S/C25H47NO2/c1-3-4-5-6-7-8-9-10-11-12-13-14-15-16-17-18-23-28-25(27)24-19-21-26(2)22-20-24/h10-11,24H,3-9,12-23H2,1-2H3/b11-10-. The third-order valence-electron chi connectivity index (χ3n) is 5.95. The molecule has 0 aromatic rings. The quantitative estimate of drug-likeness (QED) is 0.153. The fourth-order valence-corrected chi connectivity index (χ4v) is 3.88. The summed E-state index contributed by atoms with van der Waals surface area (Å²) in [4.78, 5) is 14.3. The summed E-state index contributed by atoms with van der Waals surface area (Å²) >= 11 is 0. The Morgan fingerprint density at radius 2 is 1.32 bits per heavy atom. The van der Waals surface area contributed by atoms with Gasteiger partial charge in [0, 0.05) is 0 Å². The number of piperidine rings is 1. The molecule has 0 spiro atoms. The van der Waals surface area contributed by atoms with Crippen molar-refractivity contribution < 1.29 is 9.53 Å². The van der Waals surface area contributed by atoms with Crippen LogP contribution in [-0.2, 0) is 9.53 Å². The highest BCUT2D eigenvalue weighted by molar-refractivity contribution is 5.72. The summed E-state index contributed by atoms with van der Waals surface area (Å²) in [5.41, 5.74) is 0. The van der Waals surface area contributed by atoms with Crippen LogP contribution in [0.4, 0.5) is 0 Å². The molecular weight excluding hydrogens is 346 g/mol. The number of carbonyl (C=O) groups is 1. The van der Waals surface area contributed by atoms with Crippen molar-refractivity contribution in [1.29, 1.82) is 0 Å². The second-order valence-electron chi connectivity index (χ2n) is 8.68. The van der Waals surface area contributed by atoms with E-state index in [-0.39, 0.29) is 11.9 Å². The van der Waals surface area contributed by atoms with Gasteiger partial charge in [0.15, 0.2) is 0 Å². The maximum atomic E-state index is 12.0. The fourth-order valence-electron chi connectivity index (χ4n) is 3.88. The highest BCUT2D eigenvalue weighted by Crippen LogP contribution is 2.17. The van der Waals surface area contributed by atoms with E-state index in [4.69, 9.17) is 4.74 Å². The molecule has 3 nitrogen and oxygen atoms in total. The minimum Gasteiger partial charge on any atom is -0.465 e. The summed E-state index contributed by atoms with van der Waals surface area (Å²) in [7, 11) is 2.12. The summed E-state index contributed by atoms with van der Waals surface area (Å²) in [6, 6.07) is 0. The number of carbonyl (C=O) groups excluding carboxylic acids is 1. The molecule has 1 saturated heterocycles. The molecule has 28 heavy (non-hydrogen) atoms. The van der Waals surface area contributed by atoms with Crippen LogP contribution in [0.15, 0.2) is 12.2 Å². The van der Waals surface area contributed by atoms with E-state index >= 15 is 0 Å². The number of ether oxygens (including phenoxy) is 1. The number of likely N-dealkylation sites (tertiary alicyclic amines) is 1. The molecule has 3 heteroatoms. The summed E-state index contributed by atoms with van der Waals surface area (Å²) < 4.78 is 5.47. The van der Waals surface area contributed by atoms with Gasteiger partial charge in [-0.3, -0.25) is 4.79 Å². The molecule has 1 heterocycles. The highest BCUT2D eigenvalue weighted by atomic mass is 16.5. The molecule has 0 aliphatic carbocycles. The van der Waals surface area contributed by atoms with Gasteiger partial charge in [-0.05, 0) is 65.1 Å². The van der Waals surface area contributed by atoms with Crippen LogP contribution in [0.3, 0.4) is 0 Å². The smallest absolute Gasteiger partial charge is 0.309 e. The van der Waals surface area contributed by atoms with Crippen molar-refractivity contribution in [3.05, 3.63) is 12.2 Å². The molecule has 1 rings (SSSR count). The lowest BCUT2D eigenvalue weighted by Gasteiger charge is -2.27. The molecule has 0 saturated carbocycles. The first kappa shape index (κ1) is 25.2. The monoisotopic (exact) mass is 393 g/mol. The van der Waals surface area contributed by atoms with Gasteiger partial charge in [-0.25, -0.2) is 0 Å². The second-order valence-corrected chi connectivity index (χ2v) is 8.68. The Balaban J connectivity index is 1.78. The molecule has 0 unspecified atom stereocenters. The van der Waals surface area contributed by atoms with Crippen molar-refractivity contribution in [2.24, 2.45) is 5.92 Å². The third kappa shape index (κ3) is 14.2. The van der Waals surface area contributed by atoms with Crippen LogP contribution < -0.4 is 0 Å². The Morgan fingerprint density at radius 1 is 0.821 bits per heavy atom. The Hall–Kier alpha value is -0.830. The lowest BCUT2D eigenvalue weighted by molar-refractivity contribution is -0.150. The molecule has 0 N–H and O–H groups in total. The summed E-state index contributed by atoms with van der Waals surface area (Å²) in [6.07, 6.45) is 25.0. The molecule has 1 fully saturated rings. The Morgan fingerprint density at radius 3 is 1.89 bits per heavy atom. The predicted octanol–water partition coefficient (Wildman–Crippen LogP) is 6.91. The average Bonchev–Trinajstić information content (AvgIpc) is 2.70. The van der Waals surface area contributed by atoms with Gasteiger partial charge in [-0.1, -0.05) is 76.9 Å². The zero-order valence-electron chi connectivity index (χ0n) is 18.9. The highest BCUT2D eigenvalue weighted by Gasteiger charge is 2.24. The van der Waals surface area contributed by atoms with Crippen molar-refractivity contribution >= 4 is 5.97 Å². The van der Waals surface area contributed by atoms with E-state index in [9.17, 15) is 4.79 Å². The zero-order chi connectivity index (χ0) is 20.3. The van der Waals surface area contributed by atoms with Gasteiger partial charge in [-0.2, -0.15) is 0 Å². The second kappa shape index (κ2) is 18.2.